The van der Waals surface area contributed by atoms with Crippen LogP contribution in [0.25, 0.3) is 0 Å². The number of amides is 2. The van der Waals surface area contributed by atoms with E-state index in [0.717, 1.165) is 12.8 Å². The first-order valence-corrected chi connectivity index (χ1v) is 5.72. The fourth-order valence-electron chi connectivity index (χ4n) is 1.50. The molecule has 0 spiro atoms. The van der Waals surface area contributed by atoms with Gasteiger partial charge in [-0.15, -0.1) is 0 Å². The van der Waals surface area contributed by atoms with E-state index in [0.29, 0.717) is 25.7 Å². The van der Waals surface area contributed by atoms with Gasteiger partial charge in [0.2, 0.25) is 0 Å². The van der Waals surface area contributed by atoms with Crippen molar-refractivity contribution in [1.29, 1.82) is 0 Å². The molecule has 1 aliphatic heterocycles. The Labute approximate surface area is 96.3 Å². The molecule has 0 atom stereocenters. The summed E-state index contributed by atoms with van der Waals surface area (Å²) >= 11 is 0. The maximum atomic E-state index is 11.2. The minimum absolute atomic E-state index is 0.240. The number of hydrogen-bond acceptors (Lipinski definition) is 3. The molecule has 0 aromatic heterocycles. The van der Waals surface area contributed by atoms with E-state index >= 15 is 0 Å². The Balaban J connectivity index is 2.03. The third-order valence-electron chi connectivity index (χ3n) is 2.43. The van der Waals surface area contributed by atoms with Crippen LogP contribution in [0.1, 0.15) is 26.7 Å². The molecule has 0 saturated carbocycles. The van der Waals surface area contributed by atoms with Crippen molar-refractivity contribution in [2.75, 3.05) is 19.8 Å². The second kappa shape index (κ2) is 6.43. The van der Waals surface area contributed by atoms with Crippen molar-refractivity contribution in [3.8, 4) is 0 Å². The summed E-state index contributed by atoms with van der Waals surface area (Å²) in [5, 5.41) is 0. The SMILES string of the molecule is CC(C)CCCOCCN1C(=O)C=CC1=O. The third-order valence-corrected chi connectivity index (χ3v) is 2.43. The minimum atomic E-state index is -0.240. The molecule has 0 aromatic rings. The van der Waals surface area contributed by atoms with Crippen LogP contribution >= 0.6 is 0 Å². The Kier molecular flexibility index (Phi) is 5.19. The van der Waals surface area contributed by atoms with Crippen molar-refractivity contribution in [3.63, 3.8) is 0 Å². The maximum Gasteiger partial charge on any atom is 0.253 e. The van der Waals surface area contributed by atoms with E-state index in [9.17, 15) is 9.59 Å². The topological polar surface area (TPSA) is 46.6 Å². The molecule has 0 bridgehead atoms. The zero-order chi connectivity index (χ0) is 12.0. The third kappa shape index (κ3) is 4.14. The molecule has 0 N–H and O–H groups in total. The molecule has 0 radical (unpaired) electrons. The van der Waals surface area contributed by atoms with Crippen LogP contribution < -0.4 is 0 Å². The largest absolute Gasteiger partial charge is 0.380 e. The molecular weight excluding hydrogens is 206 g/mol. The summed E-state index contributed by atoms with van der Waals surface area (Å²) in [6.07, 6.45) is 4.75. The van der Waals surface area contributed by atoms with Gasteiger partial charge in [0, 0.05) is 18.8 Å². The van der Waals surface area contributed by atoms with Crippen molar-refractivity contribution < 1.29 is 14.3 Å². The highest BCUT2D eigenvalue weighted by Gasteiger charge is 2.22. The Bertz CT molecular complexity index is 266. The Morgan fingerprint density at radius 2 is 1.81 bits per heavy atom. The summed E-state index contributed by atoms with van der Waals surface area (Å²) in [7, 11) is 0. The predicted octanol–water partition coefficient (Wildman–Crippen LogP) is 1.36. The predicted molar refractivity (Wildman–Crippen MR) is 60.8 cm³/mol. The van der Waals surface area contributed by atoms with Crippen molar-refractivity contribution in [1.82, 2.24) is 4.90 Å². The molecule has 4 nitrogen and oxygen atoms in total. The molecule has 90 valence electrons. The van der Waals surface area contributed by atoms with Gasteiger partial charge < -0.3 is 4.74 Å². The smallest absolute Gasteiger partial charge is 0.253 e. The standard InChI is InChI=1S/C12H19NO3/c1-10(2)4-3-8-16-9-7-13-11(14)5-6-12(13)15/h5-6,10H,3-4,7-9H2,1-2H3. The van der Waals surface area contributed by atoms with Crippen LogP contribution in [0.2, 0.25) is 0 Å². The molecule has 0 fully saturated rings. The molecule has 16 heavy (non-hydrogen) atoms. The fraction of sp³-hybridized carbons (Fsp3) is 0.667. The van der Waals surface area contributed by atoms with Crippen molar-refractivity contribution in [3.05, 3.63) is 12.2 Å². The van der Waals surface area contributed by atoms with Gasteiger partial charge in [-0.25, -0.2) is 0 Å². The lowest BCUT2D eigenvalue weighted by atomic mass is 10.1. The quantitative estimate of drug-likeness (QED) is 0.485. The van der Waals surface area contributed by atoms with Crippen molar-refractivity contribution in [2.45, 2.75) is 26.7 Å². The summed E-state index contributed by atoms with van der Waals surface area (Å²) < 4.78 is 5.37. The van der Waals surface area contributed by atoms with Gasteiger partial charge in [-0.3, -0.25) is 14.5 Å². The second-order valence-corrected chi connectivity index (χ2v) is 4.31. The van der Waals surface area contributed by atoms with Gasteiger partial charge in [0.1, 0.15) is 0 Å². The lowest BCUT2D eigenvalue weighted by Crippen LogP contribution is -2.33. The highest BCUT2D eigenvalue weighted by atomic mass is 16.5. The summed E-state index contributed by atoms with van der Waals surface area (Å²) in [6.45, 7) is 5.83. The van der Waals surface area contributed by atoms with Gasteiger partial charge in [-0.2, -0.15) is 0 Å². The molecule has 1 heterocycles. The lowest BCUT2D eigenvalue weighted by Gasteiger charge is -2.13. The average molecular weight is 225 g/mol. The number of imide groups is 1. The van der Waals surface area contributed by atoms with E-state index in [-0.39, 0.29) is 11.8 Å². The van der Waals surface area contributed by atoms with Crippen LogP contribution in [0.4, 0.5) is 0 Å². The number of carbonyl (C=O) groups is 2. The molecule has 2 amide bonds. The van der Waals surface area contributed by atoms with Gasteiger partial charge in [0.15, 0.2) is 0 Å². The first kappa shape index (κ1) is 12.9. The van der Waals surface area contributed by atoms with Crippen molar-refractivity contribution >= 4 is 11.8 Å². The molecular formula is C12H19NO3. The van der Waals surface area contributed by atoms with Gasteiger partial charge in [0.05, 0.1) is 13.2 Å². The summed E-state index contributed by atoms with van der Waals surface area (Å²) in [5.74, 6) is 0.209. The number of ether oxygens (including phenoxy) is 1. The zero-order valence-corrected chi connectivity index (χ0v) is 9.94. The summed E-state index contributed by atoms with van der Waals surface area (Å²) in [5.41, 5.74) is 0. The number of carbonyl (C=O) groups excluding carboxylic acids is 2. The zero-order valence-electron chi connectivity index (χ0n) is 9.94. The van der Waals surface area contributed by atoms with Crippen LogP contribution in [0, 0.1) is 5.92 Å². The molecule has 0 saturated heterocycles. The van der Waals surface area contributed by atoms with Crippen LogP contribution in [0.3, 0.4) is 0 Å². The lowest BCUT2D eigenvalue weighted by molar-refractivity contribution is -0.137. The molecule has 0 unspecified atom stereocenters. The first-order chi connectivity index (χ1) is 7.61. The van der Waals surface area contributed by atoms with E-state index in [4.69, 9.17) is 4.74 Å². The van der Waals surface area contributed by atoms with Gasteiger partial charge in [0.25, 0.3) is 11.8 Å². The van der Waals surface area contributed by atoms with Crippen LogP contribution in [0.5, 0.6) is 0 Å². The number of rotatable bonds is 7. The van der Waals surface area contributed by atoms with E-state index in [1.165, 1.54) is 17.1 Å². The Morgan fingerprint density at radius 1 is 1.19 bits per heavy atom. The first-order valence-electron chi connectivity index (χ1n) is 5.72. The van der Waals surface area contributed by atoms with E-state index in [2.05, 4.69) is 13.8 Å². The fourth-order valence-corrected chi connectivity index (χ4v) is 1.50. The highest BCUT2D eigenvalue weighted by Crippen LogP contribution is 2.04. The summed E-state index contributed by atoms with van der Waals surface area (Å²) in [6, 6.07) is 0. The van der Waals surface area contributed by atoms with E-state index in [1.807, 2.05) is 0 Å². The minimum Gasteiger partial charge on any atom is -0.380 e. The van der Waals surface area contributed by atoms with Crippen LogP contribution in [-0.2, 0) is 14.3 Å². The highest BCUT2D eigenvalue weighted by molar-refractivity contribution is 6.12. The average Bonchev–Trinajstić information content (AvgIpc) is 2.53. The summed E-state index contributed by atoms with van der Waals surface area (Å²) in [4.78, 5) is 23.5. The molecule has 1 aliphatic rings. The van der Waals surface area contributed by atoms with Crippen LogP contribution in [0.15, 0.2) is 12.2 Å². The second-order valence-electron chi connectivity index (χ2n) is 4.31. The van der Waals surface area contributed by atoms with E-state index in [1.54, 1.807) is 0 Å². The maximum absolute atomic E-state index is 11.2. The van der Waals surface area contributed by atoms with Crippen LogP contribution in [-0.4, -0.2) is 36.5 Å². The number of hydrogen-bond donors (Lipinski definition) is 0. The van der Waals surface area contributed by atoms with E-state index < -0.39 is 0 Å². The Morgan fingerprint density at radius 3 is 2.38 bits per heavy atom. The molecule has 4 heteroatoms. The Hall–Kier alpha value is -1.16. The normalized spacial score (nSPS) is 15.6. The van der Waals surface area contributed by atoms with Gasteiger partial charge in [-0.1, -0.05) is 13.8 Å². The monoisotopic (exact) mass is 225 g/mol. The molecule has 0 aliphatic carbocycles. The van der Waals surface area contributed by atoms with Gasteiger partial charge in [-0.05, 0) is 18.8 Å². The molecule has 1 rings (SSSR count). The van der Waals surface area contributed by atoms with Gasteiger partial charge >= 0.3 is 0 Å². The number of nitrogens with zero attached hydrogens (tertiary/aromatic N) is 1. The molecule has 0 aromatic carbocycles. The van der Waals surface area contributed by atoms with Crippen molar-refractivity contribution in [2.24, 2.45) is 5.92 Å².